The van der Waals surface area contributed by atoms with Crippen LogP contribution in [0.5, 0.6) is 0 Å². The number of ether oxygens (including phenoxy) is 1. The van der Waals surface area contributed by atoms with Gasteiger partial charge in [-0.2, -0.15) is 0 Å². The van der Waals surface area contributed by atoms with Gasteiger partial charge in [-0.25, -0.2) is 9.78 Å². The molecular weight excluding hydrogens is 254 g/mol. The zero-order valence-corrected chi connectivity index (χ0v) is 12.0. The lowest BCUT2D eigenvalue weighted by molar-refractivity contribution is 0.0593. The molecule has 0 aliphatic heterocycles. The molecule has 0 aliphatic rings. The van der Waals surface area contributed by atoms with Crippen molar-refractivity contribution in [3.8, 4) is 0 Å². The Labute approximate surface area is 118 Å². The zero-order chi connectivity index (χ0) is 14.5. The van der Waals surface area contributed by atoms with Crippen molar-refractivity contribution in [1.29, 1.82) is 0 Å². The van der Waals surface area contributed by atoms with E-state index < -0.39 is 0 Å². The molecule has 2 aromatic rings. The fraction of sp³-hybridized carbons (Fsp3) is 0.400. The summed E-state index contributed by atoms with van der Waals surface area (Å²) in [6.07, 6.45) is 4.21. The van der Waals surface area contributed by atoms with E-state index in [0.717, 1.165) is 17.8 Å². The number of carbonyl (C=O) groups excluding carboxylic acids is 1. The third kappa shape index (κ3) is 3.23. The van der Waals surface area contributed by atoms with Crippen LogP contribution in [-0.2, 0) is 17.7 Å². The number of aromatic nitrogens is 3. The standard InChI is InChI=1S/C15H19N3O2/c1-11(2)8-13-14(15(19)20-3)17-10-18(13)9-12-6-4-5-7-16-12/h4-7,10-11H,8-9H2,1-3H3. The minimum Gasteiger partial charge on any atom is -0.464 e. The summed E-state index contributed by atoms with van der Waals surface area (Å²) in [4.78, 5) is 20.3. The number of esters is 1. The van der Waals surface area contributed by atoms with Gasteiger partial charge in [-0.1, -0.05) is 19.9 Å². The van der Waals surface area contributed by atoms with Crippen LogP contribution in [0, 0.1) is 5.92 Å². The van der Waals surface area contributed by atoms with Crippen LogP contribution in [0.3, 0.4) is 0 Å². The van der Waals surface area contributed by atoms with Crippen LogP contribution in [0.15, 0.2) is 30.7 Å². The van der Waals surface area contributed by atoms with E-state index in [9.17, 15) is 4.79 Å². The lowest BCUT2D eigenvalue weighted by atomic mass is 10.1. The van der Waals surface area contributed by atoms with Crippen molar-refractivity contribution in [2.45, 2.75) is 26.8 Å². The van der Waals surface area contributed by atoms with Crippen LogP contribution in [0.1, 0.15) is 35.7 Å². The Morgan fingerprint density at radius 2 is 2.15 bits per heavy atom. The highest BCUT2D eigenvalue weighted by Crippen LogP contribution is 2.15. The second-order valence-electron chi connectivity index (χ2n) is 5.08. The van der Waals surface area contributed by atoms with Crippen molar-refractivity contribution in [3.05, 3.63) is 47.8 Å². The molecule has 0 radical (unpaired) electrons. The number of imidazole rings is 1. The van der Waals surface area contributed by atoms with Crippen LogP contribution in [0.2, 0.25) is 0 Å². The Morgan fingerprint density at radius 1 is 1.35 bits per heavy atom. The summed E-state index contributed by atoms with van der Waals surface area (Å²) in [6.45, 7) is 4.82. The van der Waals surface area contributed by atoms with E-state index in [0.29, 0.717) is 18.2 Å². The predicted molar refractivity (Wildman–Crippen MR) is 75.4 cm³/mol. The Balaban J connectivity index is 2.32. The quantitative estimate of drug-likeness (QED) is 0.784. The highest BCUT2D eigenvalue weighted by molar-refractivity contribution is 5.88. The number of pyridine rings is 1. The Kier molecular flexibility index (Phi) is 4.50. The maximum absolute atomic E-state index is 11.8. The van der Waals surface area contributed by atoms with E-state index in [1.807, 2.05) is 22.8 Å². The molecule has 0 amide bonds. The summed E-state index contributed by atoms with van der Waals surface area (Å²) in [5.41, 5.74) is 2.24. The van der Waals surface area contributed by atoms with Gasteiger partial charge in [0.05, 0.1) is 31.4 Å². The van der Waals surface area contributed by atoms with Crippen LogP contribution < -0.4 is 0 Å². The molecule has 0 fully saturated rings. The Hall–Kier alpha value is -2.17. The molecule has 0 saturated heterocycles. The number of carbonyl (C=O) groups is 1. The average Bonchev–Trinajstić information content (AvgIpc) is 2.81. The van der Waals surface area contributed by atoms with Gasteiger partial charge in [0.2, 0.25) is 0 Å². The van der Waals surface area contributed by atoms with E-state index in [1.165, 1.54) is 7.11 Å². The van der Waals surface area contributed by atoms with Gasteiger partial charge in [-0.15, -0.1) is 0 Å². The van der Waals surface area contributed by atoms with E-state index >= 15 is 0 Å². The van der Waals surface area contributed by atoms with Gasteiger partial charge in [-0.3, -0.25) is 4.98 Å². The van der Waals surface area contributed by atoms with Gasteiger partial charge in [0.15, 0.2) is 5.69 Å². The highest BCUT2D eigenvalue weighted by atomic mass is 16.5. The van der Waals surface area contributed by atoms with Gasteiger partial charge in [-0.05, 0) is 24.5 Å². The molecule has 5 heteroatoms. The van der Waals surface area contributed by atoms with Crippen molar-refractivity contribution in [3.63, 3.8) is 0 Å². The van der Waals surface area contributed by atoms with Gasteiger partial charge >= 0.3 is 5.97 Å². The Morgan fingerprint density at radius 3 is 2.75 bits per heavy atom. The van der Waals surface area contributed by atoms with Gasteiger partial charge < -0.3 is 9.30 Å². The van der Waals surface area contributed by atoms with Crippen LogP contribution in [0.25, 0.3) is 0 Å². The summed E-state index contributed by atoms with van der Waals surface area (Å²) in [5, 5.41) is 0. The second kappa shape index (κ2) is 6.32. The molecular formula is C15H19N3O2. The smallest absolute Gasteiger partial charge is 0.358 e. The van der Waals surface area contributed by atoms with Crippen molar-refractivity contribution in [2.75, 3.05) is 7.11 Å². The first-order valence-electron chi connectivity index (χ1n) is 6.64. The van der Waals surface area contributed by atoms with Gasteiger partial charge in [0, 0.05) is 6.20 Å². The first kappa shape index (κ1) is 14.2. The average molecular weight is 273 g/mol. The number of methoxy groups -OCH3 is 1. The van der Waals surface area contributed by atoms with Gasteiger partial charge in [0.25, 0.3) is 0 Å². The molecule has 0 aliphatic carbocycles. The molecule has 0 spiro atoms. The Bertz CT molecular complexity index is 576. The lowest BCUT2D eigenvalue weighted by Gasteiger charge is -2.11. The number of hydrogen-bond acceptors (Lipinski definition) is 4. The van der Waals surface area contributed by atoms with Crippen molar-refractivity contribution in [1.82, 2.24) is 14.5 Å². The molecule has 0 unspecified atom stereocenters. The monoisotopic (exact) mass is 273 g/mol. The first-order valence-corrected chi connectivity index (χ1v) is 6.64. The summed E-state index contributed by atoms with van der Waals surface area (Å²) in [7, 11) is 1.37. The van der Waals surface area contributed by atoms with Crippen LogP contribution in [-0.4, -0.2) is 27.6 Å². The maximum atomic E-state index is 11.8. The number of nitrogens with zero attached hydrogens (tertiary/aromatic N) is 3. The number of hydrogen-bond donors (Lipinski definition) is 0. The third-order valence-corrected chi connectivity index (χ3v) is 2.99. The molecule has 2 heterocycles. The fourth-order valence-electron chi connectivity index (χ4n) is 2.08. The third-order valence-electron chi connectivity index (χ3n) is 2.99. The van der Waals surface area contributed by atoms with E-state index in [1.54, 1.807) is 12.5 Å². The molecule has 0 bridgehead atoms. The maximum Gasteiger partial charge on any atom is 0.358 e. The molecule has 0 N–H and O–H groups in total. The van der Waals surface area contributed by atoms with Gasteiger partial charge in [0.1, 0.15) is 0 Å². The fourth-order valence-corrected chi connectivity index (χ4v) is 2.08. The minimum absolute atomic E-state index is 0.388. The molecule has 2 rings (SSSR count). The molecule has 106 valence electrons. The van der Waals surface area contributed by atoms with Crippen molar-refractivity contribution < 1.29 is 9.53 Å². The molecule has 5 nitrogen and oxygen atoms in total. The zero-order valence-electron chi connectivity index (χ0n) is 12.0. The van der Waals surface area contributed by atoms with Crippen molar-refractivity contribution >= 4 is 5.97 Å². The largest absolute Gasteiger partial charge is 0.464 e. The predicted octanol–water partition coefficient (Wildman–Crippen LogP) is 2.31. The summed E-state index contributed by atoms with van der Waals surface area (Å²) in [5.74, 6) is 0.0398. The molecule has 0 atom stereocenters. The molecule has 0 saturated carbocycles. The molecule has 0 aromatic carbocycles. The van der Waals surface area contributed by atoms with E-state index in [-0.39, 0.29) is 5.97 Å². The second-order valence-corrected chi connectivity index (χ2v) is 5.08. The number of rotatable bonds is 5. The molecule has 2 aromatic heterocycles. The topological polar surface area (TPSA) is 57.0 Å². The van der Waals surface area contributed by atoms with E-state index in [2.05, 4.69) is 23.8 Å². The highest BCUT2D eigenvalue weighted by Gasteiger charge is 2.19. The van der Waals surface area contributed by atoms with Crippen LogP contribution in [0.4, 0.5) is 0 Å². The lowest BCUT2D eigenvalue weighted by Crippen LogP contribution is -2.12. The summed E-state index contributed by atoms with van der Waals surface area (Å²) < 4.78 is 6.76. The normalized spacial score (nSPS) is 10.8. The summed E-state index contributed by atoms with van der Waals surface area (Å²) in [6, 6.07) is 5.78. The minimum atomic E-state index is -0.388. The summed E-state index contributed by atoms with van der Waals surface area (Å²) >= 11 is 0. The SMILES string of the molecule is COC(=O)c1ncn(Cc2ccccn2)c1CC(C)C. The van der Waals surface area contributed by atoms with E-state index in [4.69, 9.17) is 4.74 Å². The van der Waals surface area contributed by atoms with Crippen molar-refractivity contribution in [2.24, 2.45) is 5.92 Å². The molecule has 20 heavy (non-hydrogen) atoms. The first-order chi connectivity index (χ1) is 9.61. The van der Waals surface area contributed by atoms with Crippen LogP contribution >= 0.6 is 0 Å².